The van der Waals surface area contributed by atoms with E-state index in [-0.39, 0.29) is 0 Å². The summed E-state index contributed by atoms with van der Waals surface area (Å²) in [7, 11) is 0. The van der Waals surface area contributed by atoms with Gasteiger partial charge < -0.3 is 15.4 Å². The second-order valence-electron chi connectivity index (χ2n) is 4.45. The van der Waals surface area contributed by atoms with Gasteiger partial charge in [-0.3, -0.25) is 0 Å². The van der Waals surface area contributed by atoms with Crippen LogP contribution in [0.3, 0.4) is 0 Å². The highest BCUT2D eigenvalue weighted by atomic mass is 35.5. The van der Waals surface area contributed by atoms with Crippen LogP contribution in [0.2, 0.25) is 5.02 Å². The Morgan fingerprint density at radius 2 is 2.22 bits per heavy atom. The van der Waals surface area contributed by atoms with E-state index in [0.29, 0.717) is 17.7 Å². The lowest BCUT2D eigenvalue weighted by atomic mass is 10.1. The van der Waals surface area contributed by atoms with Crippen LogP contribution >= 0.6 is 11.6 Å². The van der Waals surface area contributed by atoms with Gasteiger partial charge in [-0.25, -0.2) is 4.98 Å². The molecular weight excluding hydrogens is 250 g/mol. The third-order valence-corrected chi connectivity index (χ3v) is 3.73. The first-order valence-corrected chi connectivity index (χ1v) is 6.84. The number of aromatic nitrogens is 1. The predicted molar refractivity (Wildman–Crippen MR) is 74.0 cm³/mol. The maximum Gasteiger partial charge on any atom is 0.147 e. The second kappa shape index (κ2) is 6.36. The van der Waals surface area contributed by atoms with Crippen LogP contribution in [0.1, 0.15) is 25.3 Å². The number of nitrogens with zero attached hydrogens (tertiary/aromatic N) is 2. The smallest absolute Gasteiger partial charge is 0.147 e. The summed E-state index contributed by atoms with van der Waals surface area (Å²) in [5, 5.41) is 0.690. The highest BCUT2D eigenvalue weighted by Gasteiger charge is 2.22. The number of hydrogen-bond acceptors (Lipinski definition) is 4. The first-order chi connectivity index (χ1) is 8.76. The normalized spacial score (nSPS) is 17.2. The maximum atomic E-state index is 6.32. The molecule has 0 atom stereocenters. The maximum absolute atomic E-state index is 6.32. The van der Waals surface area contributed by atoms with E-state index < -0.39 is 0 Å². The Bertz CT molecular complexity index is 392. The minimum Gasteiger partial charge on any atom is -0.378 e. The number of rotatable bonds is 4. The average molecular weight is 270 g/mol. The molecule has 1 aromatic heterocycles. The van der Waals surface area contributed by atoms with E-state index >= 15 is 0 Å². The van der Waals surface area contributed by atoms with Crippen molar-refractivity contribution in [2.45, 2.75) is 32.4 Å². The zero-order valence-electron chi connectivity index (χ0n) is 10.7. The largest absolute Gasteiger partial charge is 0.378 e. The van der Waals surface area contributed by atoms with Crippen LogP contribution in [0, 0.1) is 0 Å². The molecule has 5 heteroatoms. The summed E-state index contributed by atoms with van der Waals surface area (Å²) in [6.07, 6.45) is 4.21. The van der Waals surface area contributed by atoms with Gasteiger partial charge in [0.15, 0.2) is 0 Å². The van der Waals surface area contributed by atoms with Gasteiger partial charge >= 0.3 is 0 Å². The average Bonchev–Trinajstić information content (AvgIpc) is 2.41. The number of halogens is 1. The van der Waals surface area contributed by atoms with Crippen LogP contribution in [0.15, 0.2) is 12.3 Å². The molecule has 0 bridgehead atoms. The van der Waals surface area contributed by atoms with Crippen LogP contribution < -0.4 is 10.6 Å². The first kappa shape index (κ1) is 13.6. The summed E-state index contributed by atoms with van der Waals surface area (Å²) in [5.41, 5.74) is 6.61. The summed E-state index contributed by atoms with van der Waals surface area (Å²) in [6.45, 7) is 5.14. The van der Waals surface area contributed by atoms with Crippen LogP contribution in [-0.2, 0) is 11.3 Å². The highest BCUT2D eigenvalue weighted by Crippen LogP contribution is 2.29. The number of ether oxygens (including phenoxy) is 1. The van der Waals surface area contributed by atoms with Crippen LogP contribution in [0.25, 0.3) is 0 Å². The third kappa shape index (κ3) is 2.94. The van der Waals surface area contributed by atoms with E-state index in [9.17, 15) is 0 Å². The van der Waals surface area contributed by atoms with Gasteiger partial charge in [-0.05, 0) is 31.4 Å². The van der Waals surface area contributed by atoms with Crippen molar-refractivity contribution in [3.63, 3.8) is 0 Å². The van der Waals surface area contributed by atoms with E-state index in [1.807, 2.05) is 13.0 Å². The molecule has 0 aromatic carbocycles. The number of piperidine rings is 1. The fraction of sp³-hybridized carbons (Fsp3) is 0.615. The molecule has 1 fully saturated rings. The molecule has 1 aliphatic rings. The zero-order valence-corrected chi connectivity index (χ0v) is 11.5. The van der Waals surface area contributed by atoms with Crippen LogP contribution in [0.4, 0.5) is 5.82 Å². The van der Waals surface area contributed by atoms with Gasteiger partial charge in [0, 0.05) is 32.4 Å². The molecule has 2 rings (SSSR count). The number of anilines is 1. The molecular formula is C13H20ClN3O. The first-order valence-electron chi connectivity index (χ1n) is 6.46. The fourth-order valence-corrected chi connectivity index (χ4v) is 2.63. The lowest BCUT2D eigenvalue weighted by Gasteiger charge is -2.33. The molecule has 0 radical (unpaired) electrons. The molecule has 0 unspecified atom stereocenters. The summed E-state index contributed by atoms with van der Waals surface area (Å²) in [6, 6.07) is 1.87. The Morgan fingerprint density at radius 3 is 2.83 bits per heavy atom. The van der Waals surface area contributed by atoms with Gasteiger partial charge in [0.2, 0.25) is 0 Å². The van der Waals surface area contributed by atoms with Crippen molar-refractivity contribution in [3.05, 3.63) is 22.8 Å². The lowest BCUT2D eigenvalue weighted by Crippen LogP contribution is -2.37. The van der Waals surface area contributed by atoms with Gasteiger partial charge in [0.25, 0.3) is 0 Å². The van der Waals surface area contributed by atoms with Crippen molar-refractivity contribution in [3.8, 4) is 0 Å². The lowest BCUT2D eigenvalue weighted by molar-refractivity contribution is 0.0458. The highest BCUT2D eigenvalue weighted by molar-refractivity contribution is 6.33. The molecule has 1 saturated heterocycles. The van der Waals surface area contributed by atoms with Crippen molar-refractivity contribution in [2.24, 2.45) is 5.73 Å². The standard InChI is InChI=1S/C13H20ClN3O/c1-2-18-11-4-7-17(8-5-11)13-12(14)10(9-15)3-6-16-13/h3,6,11H,2,4-5,7-9,15H2,1H3. The molecule has 2 N–H and O–H groups in total. The van der Waals surface area contributed by atoms with Crippen molar-refractivity contribution >= 4 is 17.4 Å². The molecule has 4 nitrogen and oxygen atoms in total. The van der Waals surface area contributed by atoms with Gasteiger partial charge in [-0.2, -0.15) is 0 Å². The topological polar surface area (TPSA) is 51.4 Å². The van der Waals surface area contributed by atoms with Crippen molar-refractivity contribution in [1.82, 2.24) is 4.98 Å². The second-order valence-corrected chi connectivity index (χ2v) is 4.83. The molecule has 1 aromatic rings. The van der Waals surface area contributed by atoms with E-state index in [1.54, 1.807) is 6.20 Å². The quantitative estimate of drug-likeness (QED) is 0.910. The van der Waals surface area contributed by atoms with E-state index in [0.717, 1.165) is 43.9 Å². The minimum absolute atomic E-state index is 0.378. The van der Waals surface area contributed by atoms with E-state index in [1.165, 1.54) is 0 Å². The predicted octanol–water partition coefficient (Wildman–Crippen LogP) is 2.20. The zero-order chi connectivity index (χ0) is 13.0. The Morgan fingerprint density at radius 1 is 1.50 bits per heavy atom. The Labute approximate surface area is 113 Å². The number of nitrogens with two attached hydrogens (primary N) is 1. The summed E-state index contributed by atoms with van der Waals surface area (Å²) in [5.74, 6) is 0.856. The van der Waals surface area contributed by atoms with Gasteiger partial charge in [-0.1, -0.05) is 11.6 Å². The van der Waals surface area contributed by atoms with Crippen molar-refractivity contribution in [1.29, 1.82) is 0 Å². The molecule has 2 heterocycles. The minimum atomic E-state index is 0.378. The van der Waals surface area contributed by atoms with Crippen LogP contribution in [0.5, 0.6) is 0 Å². The monoisotopic (exact) mass is 269 g/mol. The van der Waals surface area contributed by atoms with Gasteiger partial charge in [-0.15, -0.1) is 0 Å². The molecule has 1 aliphatic heterocycles. The SMILES string of the molecule is CCOC1CCN(c2nccc(CN)c2Cl)CC1. The molecule has 18 heavy (non-hydrogen) atoms. The van der Waals surface area contributed by atoms with Gasteiger partial charge in [0.1, 0.15) is 5.82 Å². The van der Waals surface area contributed by atoms with Gasteiger partial charge in [0.05, 0.1) is 11.1 Å². The van der Waals surface area contributed by atoms with Crippen LogP contribution in [-0.4, -0.2) is 30.8 Å². The molecule has 0 saturated carbocycles. The summed E-state index contributed by atoms with van der Waals surface area (Å²) >= 11 is 6.32. The number of hydrogen-bond donors (Lipinski definition) is 1. The molecule has 0 aliphatic carbocycles. The van der Waals surface area contributed by atoms with E-state index in [2.05, 4.69) is 9.88 Å². The Kier molecular flexibility index (Phi) is 4.80. The summed E-state index contributed by atoms with van der Waals surface area (Å²) < 4.78 is 5.64. The molecule has 0 spiro atoms. The molecule has 0 amide bonds. The fourth-order valence-electron chi connectivity index (χ4n) is 2.32. The van der Waals surface area contributed by atoms with Crippen molar-refractivity contribution < 1.29 is 4.74 Å². The summed E-state index contributed by atoms with van der Waals surface area (Å²) in [4.78, 5) is 6.60. The Hall–Kier alpha value is -0.840. The third-order valence-electron chi connectivity index (χ3n) is 3.31. The van der Waals surface area contributed by atoms with E-state index in [4.69, 9.17) is 22.1 Å². The number of pyridine rings is 1. The Balaban J connectivity index is 2.05. The van der Waals surface area contributed by atoms with Crippen molar-refractivity contribution in [2.75, 3.05) is 24.6 Å². The molecule has 100 valence electrons.